The molecule has 0 atom stereocenters. The first-order valence-corrected chi connectivity index (χ1v) is 10.5. The van der Waals surface area contributed by atoms with Crippen molar-refractivity contribution in [2.75, 3.05) is 16.8 Å². The van der Waals surface area contributed by atoms with E-state index in [9.17, 15) is 19.2 Å². The predicted octanol–water partition coefficient (Wildman–Crippen LogP) is 3.82. The number of rotatable bonds is 3. The van der Waals surface area contributed by atoms with Crippen LogP contribution < -0.4 is 15.1 Å². The number of carbonyl (C=O) groups is 2. The fraction of sp³-hybridized carbons (Fsp3) is 0.304. The van der Waals surface area contributed by atoms with Crippen LogP contribution in [0.2, 0.25) is 0 Å². The molecule has 8 heteroatoms. The quantitative estimate of drug-likeness (QED) is 0.741. The molecule has 1 aliphatic carbocycles. The molecule has 2 fully saturated rings. The van der Waals surface area contributed by atoms with Crippen molar-refractivity contribution in [3.63, 3.8) is 0 Å². The smallest absolute Gasteiger partial charge is 0.259 e. The summed E-state index contributed by atoms with van der Waals surface area (Å²) in [5.41, 5.74) is 1.36. The molecule has 31 heavy (non-hydrogen) atoms. The van der Waals surface area contributed by atoms with Crippen molar-refractivity contribution in [3.8, 4) is 6.07 Å². The zero-order valence-electron chi connectivity index (χ0n) is 17.2. The van der Waals surface area contributed by atoms with Gasteiger partial charge in [0.1, 0.15) is 11.4 Å². The normalized spacial score (nSPS) is 17.4. The number of halogens is 1. The second-order valence-electron chi connectivity index (χ2n) is 7.85. The number of hydrogen-bond donors (Lipinski definition) is 1. The molecular formula is C23H21FN4O2S. The highest BCUT2D eigenvalue weighted by Gasteiger charge is 2.57. The number of nitrogens with one attached hydrogen (secondary N) is 1. The third-order valence-electron chi connectivity index (χ3n) is 6.11. The first-order valence-electron chi connectivity index (χ1n) is 10.0. The standard InChI is InChI=1S/C23H21FN4O2S/c1-14-11-16(6-5-15(14)13-25)27-21(30)23(9-3-4-10-23)28(22(27)31)17-7-8-18(19(24)12-17)20(29)26-2/h5-8,11-12H,3-4,9-10H2,1-2H3,(H,26,29). The average molecular weight is 437 g/mol. The molecular weight excluding hydrogens is 415 g/mol. The van der Waals surface area contributed by atoms with Gasteiger partial charge in [-0.25, -0.2) is 4.39 Å². The van der Waals surface area contributed by atoms with E-state index < -0.39 is 17.3 Å². The molecule has 2 amide bonds. The van der Waals surface area contributed by atoms with Crippen LogP contribution in [0.1, 0.15) is 47.2 Å². The molecule has 1 aliphatic heterocycles. The molecule has 0 aromatic heterocycles. The summed E-state index contributed by atoms with van der Waals surface area (Å²) >= 11 is 5.73. The number of nitriles is 1. The Bertz CT molecular complexity index is 1150. The predicted molar refractivity (Wildman–Crippen MR) is 119 cm³/mol. The van der Waals surface area contributed by atoms with Crippen LogP contribution >= 0.6 is 12.2 Å². The third-order valence-corrected chi connectivity index (χ3v) is 6.48. The highest BCUT2D eigenvalue weighted by molar-refractivity contribution is 7.81. The average Bonchev–Trinajstić information content (AvgIpc) is 3.31. The van der Waals surface area contributed by atoms with Crippen molar-refractivity contribution in [1.29, 1.82) is 5.26 Å². The van der Waals surface area contributed by atoms with Crippen LogP contribution in [0.25, 0.3) is 0 Å². The van der Waals surface area contributed by atoms with Gasteiger partial charge in [-0.05, 0) is 73.9 Å². The molecule has 158 valence electrons. The summed E-state index contributed by atoms with van der Waals surface area (Å²) in [6.45, 7) is 1.81. The molecule has 0 bridgehead atoms. The molecule has 6 nitrogen and oxygen atoms in total. The van der Waals surface area contributed by atoms with E-state index in [1.807, 2.05) is 6.92 Å². The summed E-state index contributed by atoms with van der Waals surface area (Å²) in [6, 6.07) is 11.6. The van der Waals surface area contributed by atoms with E-state index in [1.165, 1.54) is 24.1 Å². The number of carbonyl (C=O) groups excluding carboxylic acids is 2. The Kier molecular flexibility index (Phi) is 5.23. The number of hydrogen-bond acceptors (Lipinski definition) is 4. The number of nitrogens with zero attached hydrogens (tertiary/aromatic N) is 3. The first-order chi connectivity index (χ1) is 14.8. The van der Waals surface area contributed by atoms with Gasteiger partial charge in [-0.2, -0.15) is 5.26 Å². The highest BCUT2D eigenvalue weighted by Crippen LogP contribution is 2.46. The van der Waals surface area contributed by atoms with Gasteiger partial charge in [0.2, 0.25) is 0 Å². The summed E-state index contributed by atoms with van der Waals surface area (Å²) < 4.78 is 14.7. The van der Waals surface area contributed by atoms with E-state index in [1.54, 1.807) is 29.2 Å². The van der Waals surface area contributed by atoms with E-state index in [4.69, 9.17) is 12.2 Å². The Hall–Kier alpha value is -3.31. The summed E-state index contributed by atoms with van der Waals surface area (Å²) in [5.74, 6) is -1.34. The minimum Gasteiger partial charge on any atom is -0.355 e. The molecule has 1 saturated heterocycles. The highest BCUT2D eigenvalue weighted by atomic mass is 32.1. The molecule has 4 rings (SSSR count). The first kappa shape index (κ1) is 20.9. The maximum Gasteiger partial charge on any atom is 0.259 e. The van der Waals surface area contributed by atoms with Gasteiger partial charge in [-0.3, -0.25) is 14.5 Å². The van der Waals surface area contributed by atoms with Gasteiger partial charge in [0.15, 0.2) is 5.11 Å². The van der Waals surface area contributed by atoms with E-state index in [0.717, 1.165) is 18.4 Å². The van der Waals surface area contributed by atoms with Gasteiger partial charge in [0, 0.05) is 12.7 Å². The molecule has 1 heterocycles. The van der Waals surface area contributed by atoms with Gasteiger partial charge in [0.05, 0.1) is 22.9 Å². The van der Waals surface area contributed by atoms with Crippen molar-refractivity contribution in [1.82, 2.24) is 5.32 Å². The second kappa shape index (κ2) is 7.75. The lowest BCUT2D eigenvalue weighted by Gasteiger charge is -2.32. The topological polar surface area (TPSA) is 76.4 Å². The molecule has 2 aliphatic rings. The zero-order chi connectivity index (χ0) is 22.3. The van der Waals surface area contributed by atoms with Gasteiger partial charge >= 0.3 is 0 Å². The number of thiocarbonyl (C=S) groups is 1. The van der Waals surface area contributed by atoms with Crippen LogP contribution in [-0.4, -0.2) is 29.5 Å². The molecule has 1 saturated carbocycles. The zero-order valence-corrected chi connectivity index (χ0v) is 18.1. The fourth-order valence-electron chi connectivity index (χ4n) is 4.53. The molecule has 2 aromatic rings. The number of aryl methyl sites for hydroxylation is 1. The molecule has 1 N–H and O–H groups in total. The van der Waals surface area contributed by atoms with Crippen LogP contribution in [0.3, 0.4) is 0 Å². The van der Waals surface area contributed by atoms with Gasteiger partial charge in [0.25, 0.3) is 11.8 Å². The molecule has 0 radical (unpaired) electrons. The van der Waals surface area contributed by atoms with Crippen molar-refractivity contribution < 1.29 is 14.0 Å². The molecule has 1 spiro atoms. The lowest BCUT2D eigenvalue weighted by Crippen LogP contribution is -2.47. The van der Waals surface area contributed by atoms with Crippen LogP contribution in [0.15, 0.2) is 36.4 Å². The lowest BCUT2D eigenvalue weighted by atomic mass is 9.94. The maximum atomic E-state index is 14.7. The van der Waals surface area contributed by atoms with Crippen LogP contribution in [0, 0.1) is 24.1 Å². The van der Waals surface area contributed by atoms with E-state index in [0.29, 0.717) is 29.8 Å². The summed E-state index contributed by atoms with van der Waals surface area (Å²) in [7, 11) is 1.44. The van der Waals surface area contributed by atoms with Crippen molar-refractivity contribution in [3.05, 3.63) is 58.9 Å². The minimum absolute atomic E-state index is 0.0669. The van der Waals surface area contributed by atoms with Crippen molar-refractivity contribution >= 4 is 40.5 Å². The summed E-state index contributed by atoms with van der Waals surface area (Å²) in [5, 5.41) is 11.9. The van der Waals surface area contributed by atoms with Crippen LogP contribution in [0.4, 0.5) is 15.8 Å². The fourth-order valence-corrected chi connectivity index (χ4v) is 5.00. The Labute approximate surface area is 185 Å². The summed E-state index contributed by atoms with van der Waals surface area (Å²) in [6.07, 6.45) is 2.95. The maximum absolute atomic E-state index is 14.7. The second-order valence-corrected chi connectivity index (χ2v) is 8.22. The number of benzene rings is 2. The van der Waals surface area contributed by atoms with E-state index in [-0.39, 0.29) is 16.6 Å². The Morgan fingerprint density at radius 2 is 1.87 bits per heavy atom. The third kappa shape index (κ3) is 3.17. The van der Waals surface area contributed by atoms with Gasteiger partial charge in [-0.1, -0.05) is 12.8 Å². The van der Waals surface area contributed by atoms with E-state index in [2.05, 4.69) is 11.4 Å². The largest absolute Gasteiger partial charge is 0.355 e. The van der Waals surface area contributed by atoms with Crippen LogP contribution in [0.5, 0.6) is 0 Å². The lowest BCUT2D eigenvalue weighted by molar-refractivity contribution is -0.121. The Morgan fingerprint density at radius 1 is 1.19 bits per heavy atom. The van der Waals surface area contributed by atoms with Gasteiger partial charge < -0.3 is 10.2 Å². The Balaban J connectivity index is 1.81. The SMILES string of the molecule is CNC(=O)c1ccc(N2C(=S)N(c3ccc(C#N)c(C)c3)C(=O)C23CCCC3)cc1F. The molecule has 2 aromatic carbocycles. The Morgan fingerprint density at radius 3 is 2.45 bits per heavy atom. The van der Waals surface area contributed by atoms with Crippen molar-refractivity contribution in [2.45, 2.75) is 38.1 Å². The minimum atomic E-state index is -0.875. The number of amides is 2. The monoisotopic (exact) mass is 436 g/mol. The van der Waals surface area contributed by atoms with Crippen LogP contribution in [-0.2, 0) is 4.79 Å². The van der Waals surface area contributed by atoms with Crippen molar-refractivity contribution in [2.24, 2.45) is 0 Å². The van der Waals surface area contributed by atoms with Gasteiger partial charge in [-0.15, -0.1) is 0 Å². The number of anilines is 2. The molecule has 0 unspecified atom stereocenters. The van der Waals surface area contributed by atoms with E-state index >= 15 is 0 Å². The summed E-state index contributed by atoms with van der Waals surface area (Å²) in [4.78, 5) is 28.8.